The number of aliphatic hydroxyl groups excluding tert-OH is 1. The van der Waals surface area contributed by atoms with Crippen LogP contribution in [0.15, 0.2) is 48.5 Å². The molecule has 0 bridgehead atoms. The van der Waals surface area contributed by atoms with Crippen molar-refractivity contribution in [1.82, 2.24) is 10.6 Å². The lowest BCUT2D eigenvalue weighted by atomic mass is 9.93. The molecule has 3 atom stereocenters. The Balaban J connectivity index is 1.56. The minimum Gasteiger partial charge on any atom is -0.480 e. The number of nitrogens with one attached hydrogen (secondary N) is 2. The number of carboxylic acids is 1. The molecule has 0 radical (unpaired) electrons. The molecule has 0 fully saturated rings. The smallest absolute Gasteiger partial charge is 0.407 e. The van der Waals surface area contributed by atoms with Crippen LogP contribution >= 0.6 is 0 Å². The number of carbonyl (C=O) groups excluding carboxylic acids is 2. The Morgan fingerprint density at radius 1 is 0.971 bits per heavy atom. The van der Waals surface area contributed by atoms with E-state index >= 15 is 0 Å². The van der Waals surface area contributed by atoms with E-state index < -0.39 is 30.1 Å². The number of carbonyl (C=O) groups is 3. The summed E-state index contributed by atoms with van der Waals surface area (Å²) in [6.45, 7) is 5.74. The van der Waals surface area contributed by atoms with Crippen LogP contribution in [-0.2, 0) is 14.3 Å². The van der Waals surface area contributed by atoms with Gasteiger partial charge in [0.15, 0.2) is 6.04 Å². The van der Waals surface area contributed by atoms with E-state index in [1.54, 1.807) is 0 Å². The second-order valence-corrected chi connectivity index (χ2v) is 9.53. The highest BCUT2D eigenvalue weighted by Gasteiger charge is 2.29. The monoisotopic (exact) mass is 482 g/mol. The summed E-state index contributed by atoms with van der Waals surface area (Å²) in [5, 5.41) is 23.9. The number of amides is 2. The van der Waals surface area contributed by atoms with Gasteiger partial charge in [-0.1, -0.05) is 62.4 Å². The minimum absolute atomic E-state index is 0.0261. The number of aliphatic carboxylic acids is 1. The Kier molecular flexibility index (Phi) is 8.87. The van der Waals surface area contributed by atoms with Crippen LogP contribution in [0.4, 0.5) is 4.79 Å². The first-order valence-electron chi connectivity index (χ1n) is 12.0. The molecule has 3 unspecified atom stereocenters. The van der Waals surface area contributed by atoms with Crippen LogP contribution in [0, 0.1) is 11.8 Å². The summed E-state index contributed by atoms with van der Waals surface area (Å²) in [6, 6.07) is 14.8. The maximum atomic E-state index is 12.5. The number of carboxylic acid groups (broad SMARTS) is 1. The molecule has 2 aromatic rings. The van der Waals surface area contributed by atoms with Gasteiger partial charge in [0.2, 0.25) is 5.91 Å². The van der Waals surface area contributed by atoms with Crippen LogP contribution in [0.5, 0.6) is 0 Å². The maximum Gasteiger partial charge on any atom is 0.407 e. The van der Waals surface area contributed by atoms with Gasteiger partial charge in [0.05, 0.1) is 6.10 Å². The van der Waals surface area contributed by atoms with Gasteiger partial charge in [-0.15, -0.1) is 0 Å². The fourth-order valence-corrected chi connectivity index (χ4v) is 4.67. The third kappa shape index (κ3) is 6.82. The molecule has 8 heteroatoms. The molecule has 188 valence electrons. The first kappa shape index (κ1) is 26.2. The predicted molar refractivity (Wildman–Crippen MR) is 132 cm³/mol. The van der Waals surface area contributed by atoms with Gasteiger partial charge in [0.1, 0.15) is 6.61 Å². The number of hydrogen-bond acceptors (Lipinski definition) is 5. The summed E-state index contributed by atoms with van der Waals surface area (Å²) in [6.07, 6.45) is -1.10. The van der Waals surface area contributed by atoms with E-state index in [9.17, 15) is 24.6 Å². The molecule has 3 rings (SSSR count). The lowest BCUT2D eigenvalue weighted by Crippen LogP contribution is -2.48. The normalized spacial score (nSPS) is 15.0. The molecule has 0 saturated heterocycles. The van der Waals surface area contributed by atoms with Crippen molar-refractivity contribution < 1.29 is 29.3 Å². The van der Waals surface area contributed by atoms with Gasteiger partial charge in [0.25, 0.3) is 0 Å². The molecule has 4 N–H and O–H groups in total. The van der Waals surface area contributed by atoms with Crippen molar-refractivity contribution in [3.63, 3.8) is 0 Å². The zero-order valence-electron chi connectivity index (χ0n) is 20.4. The first-order valence-corrected chi connectivity index (χ1v) is 12.0. The lowest BCUT2D eigenvalue weighted by molar-refractivity contribution is -0.144. The molecule has 2 amide bonds. The van der Waals surface area contributed by atoms with E-state index in [4.69, 9.17) is 4.74 Å². The minimum atomic E-state index is -1.38. The Morgan fingerprint density at radius 2 is 1.54 bits per heavy atom. The van der Waals surface area contributed by atoms with E-state index in [0.29, 0.717) is 6.42 Å². The Hall–Kier alpha value is -3.39. The van der Waals surface area contributed by atoms with Gasteiger partial charge in [-0.25, -0.2) is 9.59 Å². The van der Waals surface area contributed by atoms with Gasteiger partial charge in [-0.05, 0) is 47.4 Å². The van der Waals surface area contributed by atoms with Gasteiger partial charge in [-0.3, -0.25) is 4.79 Å². The second kappa shape index (κ2) is 11.8. The van der Waals surface area contributed by atoms with Crippen molar-refractivity contribution in [3.05, 3.63) is 59.7 Å². The van der Waals surface area contributed by atoms with Crippen LogP contribution in [0.3, 0.4) is 0 Å². The van der Waals surface area contributed by atoms with Crippen molar-refractivity contribution in [1.29, 1.82) is 0 Å². The zero-order chi connectivity index (χ0) is 25.5. The van der Waals surface area contributed by atoms with E-state index in [0.717, 1.165) is 22.3 Å². The summed E-state index contributed by atoms with van der Waals surface area (Å²) in [5.74, 6) is -1.77. The summed E-state index contributed by atoms with van der Waals surface area (Å²) in [5.41, 5.74) is 4.55. The third-order valence-electron chi connectivity index (χ3n) is 6.22. The van der Waals surface area contributed by atoms with Crippen molar-refractivity contribution in [3.8, 4) is 11.1 Å². The van der Waals surface area contributed by atoms with E-state index in [1.807, 2.05) is 38.1 Å². The Bertz CT molecular complexity index is 1010. The van der Waals surface area contributed by atoms with E-state index in [2.05, 4.69) is 34.9 Å². The molecule has 0 saturated carbocycles. The van der Waals surface area contributed by atoms with Gasteiger partial charge >= 0.3 is 12.1 Å². The molecule has 1 aliphatic rings. The molecule has 2 aromatic carbocycles. The van der Waals surface area contributed by atoms with Crippen molar-refractivity contribution in [2.75, 3.05) is 13.2 Å². The molecular formula is C27H34N2O6. The van der Waals surface area contributed by atoms with Crippen molar-refractivity contribution in [2.45, 2.75) is 51.7 Å². The maximum absolute atomic E-state index is 12.5. The molecule has 0 aliphatic heterocycles. The third-order valence-corrected chi connectivity index (χ3v) is 6.22. The van der Waals surface area contributed by atoms with Crippen LogP contribution in [-0.4, -0.2) is 53.5 Å². The SMILES string of the molecule is CC(C)CC(CNC(=O)OCC1c2ccccc2-c2ccccc21)CC(=O)NC(C(=O)O)C(C)O. The van der Waals surface area contributed by atoms with E-state index in [-0.39, 0.29) is 37.3 Å². The number of fused-ring (bicyclic) bond motifs is 3. The highest BCUT2D eigenvalue weighted by molar-refractivity contribution is 5.84. The predicted octanol–water partition coefficient (Wildman–Crippen LogP) is 3.53. The van der Waals surface area contributed by atoms with Crippen LogP contribution in [0.2, 0.25) is 0 Å². The molecular weight excluding hydrogens is 448 g/mol. The van der Waals surface area contributed by atoms with Crippen molar-refractivity contribution in [2.24, 2.45) is 11.8 Å². The molecule has 0 aromatic heterocycles. The highest BCUT2D eigenvalue weighted by Crippen LogP contribution is 2.44. The number of rotatable bonds is 11. The molecule has 35 heavy (non-hydrogen) atoms. The fourth-order valence-electron chi connectivity index (χ4n) is 4.67. The summed E-state index contributed by atoms with van der Waals surface area (Å²) < 4.78 is 5.57. The van der Waals surface area contributed by atoms with Gasteiger partial charge in [0, 0.05) is 18.9 Å². The summed E-state index contributed by atoms with van der Waals surface area (Å²) >= 11 is 0. The molecule has 0 heterocycles. The summed E-state index contributed by atoms with van der Waals surface area (Å²) in [4.78, 5) is 36.2. The second-order valence-electron chi connectivity index (χ2n) is 9.53. The van der Waals surface area contributed by atoms with Gasteiger partial charge < -0.3 is 25.6 Å². The van der Waals surface area contributed by atoms with Gasteiger partial charge in [-0.2, -0.15) is 0 Å². The molecule has 1 aliphatic carbocycles. The number of benzene rings is 2. The Morgan fingerprint density at radius 3 is 2.06 bits per heavy atom. The highest BCUT2D eigenvalue weighted by atomic mass is 16.5. The van der Waals surface area contributed by atoms with Crippen molar-refractivity contribution >= 4 is 18.0 Å². The van der Waals surface area contributed by atoms with E-state index in [1.165, 1.54) is 6.92 Å². The Labute approximate surface area is 205 Å². The average molecular weight is 483 g/mol. The standard InChI is InChI=1S/C27H34N2O6/c1-16(2)12-18(13-24(31)29-25(17(3)30)26(32)33)14-28-27(34)35-15-23-21-10-6-4-8-19(21)20-9-5-7-11-22(20)23/h4-11,16-18,23,25,30H,12-15H2,1-3H3,(H,28,34)(H,29,31)(H,32,33). The van der Waals surface area contributed by atoms with Crippen LogP contribution in [0.1, 0.15) is 50.7 Å². The number of aliphatic hydroxyl groups is 1. The fraction of sp³-hybridized carbons (Fsp3) is 0.444. The number of alkyl carbamates (subject to hydrolysis) is 1. The van der Waals surface area contributed by atoms with Crippen LogP contribution < -0.4 is 10.6 Å². The molecule has 8 nitrogen and oxygen atoms in total. The average Bonchev–Trinajstić information content (AvgIpc) is 3.12. The number of hydrogen-bond donors (Lipinski definition) is 4. The van der Waals surface area contributed by atoms with Crippen LogP contribution in [0.25, 0.3) is 11.1 Å². The number of ether oxygens (including phenoxy) is 1. The first-order chi connectivity index (χ1) is 16.7. The molecule has 0 spiro atoms. The zero-order valence-corrected chi connectivity index (χ0v) is 20.4. The summed E-state index contributed by atoms with van der Waals surface area (Å²) in [7, 11) is 0. The lowest BCUT2D eigenvalue weighted by Gasteiger charge is -2.22. The quantitative estimate of drug-likeness (QED) is 0.388. The topological polar surface area (TPSA) is 125 Å². The largest absolute Gasteiger partial charge is 0.480 e.